The lowest BCUT2D eigenvalue weighted by Crippen LogP contribution is -2.56. The van der Waals surface area contributed by atoms with Crippen LogP contribution in [0.25, 0.3) is 0 Å². The predicted molar refractivity (Wildman–Crippen MR) is 38.6 cm³/mol. The zero-order valence-electron chi connectivity index (χ0n) is 7.33. The molecule has 1 rings (SSSR count). The fourth-order valence-corrected chi connectivity index (χ4v) is 2.32. The molecular weight excluding hydrogens is 306 g/mol. The van der Waals surface area contributed by atoms with Crippen LogP contribution in [0.4, 0.5) is 25.3 Å². The van der Waals surface area contributed by atoms with Gasteiger partial charge in [0, 0.05) is 0 Å². The van der Waals surface area contributed by atoms with Crippen LogP contribution in [0.1, 0.15) is 0 Å². The Balaban J connectivity index is 3.43. The molecule has 1 aliphatic rings. The fourth-order valence-electron chi connectivity index (χ4n) is 0.972. The first kappa shape index (κ1) is 14.5. The van der Waals surface area contributed by atoms with Gasteiger partial charge in [-0.1, -0.05) is 7.77 Å². The molecule has 102 valence electrons. The summed E-state index contributed by atoms with van der Waals surface area (Å²) in [5.41, 5.74) is -4.58. The summed E-state index contributed by atoms with van der Waals surface area (Å²) in [5, 5.41) is -11.8. The Hall–Kier alpha value is -0.560. The van der Waals surface area contributed by atoms with E-state index < -0.39 is 43.2 Å². The van der Waals surface area contributed by atoms with E-state index in [9.17, 15) is 42.2 Å². The van der Waals surface area contributed by atoms with E-state index in [0.29, 0.717) is 0 Å². The number of rotatable bonds is 4. The van der Waals surface area contributed by atoms with Gasteiger partial charge in [0.05, 0.1) is 6.61 Å². The number of hydrogen-bond acceptors (Lipinski definition) is 5. The molecule has 0 N–H and O–H groups in total. The summed E-state index contributed by atoms with van der Waals surface area (Å²) in [7, 11) is -13.8. The van der Waals surface area contributed by atoms with Crippen LogP contribution in [-0.2, 0) is 25.2 Å². The first-order chi connectivity index (χ1) is 7.21. The summed E-state index contributed by atoms with van der Waals surface area (Å²) in [4.78, 5) is 0. The second-order valence-electron chi connectivity index (χ2n) is 3.02. The molecule has 0 saturated carbocycles. The third kappa shape index (κ3) is 1.71. The normalized spacial score (nSPS) is 21.3. The average Bonchev–Trinajstić information content (AvgIpc) is 2.78. The number of epoxide rings is 1. The molecule has 0 atom stereocenters. The van der Waals surface area contributed by atoms with Crippen LogP contribution in [0.15, 0.2) is 0 Å². The number of hydrogen-bond donors (Lipinski definition) is 0. The van der Waals surface area contributed by atoms with E-state index >= 15 is 0 Å². The Morgan fingerprint density at radius 2 is 1.12 bits per heavy atom. The molecule has 0 amide bonds. The Kier molecular flexibility index (Phi) is 2.78. The topological polar surface area (TPSA) is 80.8 Å². The average molecular weight is 308 g/mol. The monoisotopic (exact) mass is 308 g/mol. The van der Waals surface area contributed by atoms with Gasteiger partial charge in [0.25, 0.3) is 5.60 Å². The maximum Gasteiger partial charge on any atom is 0.411 e. The molecule has 0 aromatic rings. The first-order valence-corrected chi connectivity index (χ1v) is 6.25. The second kappa shape index (κ2) is 3.26. The van der Waals surface area contributed by atoms with E-state index in [1.165, 1.54) is 0 Å². The van der Waals surface area contributed by atoms with Crippen LogP contribution in [0.3, 0.4) is 0 Å². The summed E-state index contributed by atoms with van der Waals surface area (Å²) in [5.74, 6) is 0. The lowest BCUT2D eigenvalue weighted by Gasteiger charge is -2.24. The van der Waals surface area contributed by atoms with Crippen LogP contribution < -0.4 is 0 Å². The molecule has 0 radical (unpaired) electrons. The predicted octanol–water partition coefficient (Wildman–Crippen LogP) is 0.540. The largest absolute Gasteiger partial charge is 0.411 e. The van der Waals surface area contributed by atoms with E-state index in [0.717, 1.165) is 0 Å². The van der Waals surface area contributed by atoms with Gasteiger partial charge in [-0.3, -0.25) is 0 Å². The standard InChI is InChI=1S/C4H2F6O5S2/c5-3(6,16(9,11)12)2(1-15-2)4(7,8)17(10,13)14/h1H2. The van der Waals surface area contributed by atoms with Gasteiger partial charge < -0.3 is 4.74 Å². The van der Waals surface area contributed by atoms with Gasteiger partial charge in [0.2, 0.25) is 0 Å². The van der Waals surface area contributed by atoms with Crippen molar-refractivity contribution in [2.45, 2.75) is 16.1 Å². The molecule has 0 aromatic heterocycles. The second-order valence-corrected chi connectivity index (χ2v) is 5.80. The Labute approximate surface area is 90.8 Å². The third-order valence-electron chi connectivity index (χ3n) is 1.99. The third-order valence-corrected chi connectivity index (χ3v) is 3.87. The van der Waals surface area contributed by atoms with Crippen molar-refractivity contribution in [3.05, 3.63) is 0 Å². The van der Waals surface area contributed by atoms with Crippen molar-refractivity contribution in [3.8, 4) is 0 Å². The molecule has 0 spiro atoms. The fraction of sp³-hybridized carbons (Fsp3) is 1.00. The molecule has 5 nitrogen and oxygen atoms in total. The van der Waals surface area contributed by atoms with E-state index in [1.54, 1.807) is 0 Å². The van der Waals surface area contributed by atoms with Gasteiger partial charge in [0.15, 0.2) is 0 Å². The number of ether oxygens (including phenoxy) is 1. The van der Waals surface area contributed by atoms with Crippen molar-refractivity contribution < 1.29 is 46.9 Å². The molecule has 1 fully saturated rings. The Morgan fingerprint density at radius 3 is 1.24 bits per heavy atom. The molecule has 0 aromatic carbocycles. The lowest BCUT2D eigenvalue weighted by atomic mass is 10.2. The Morgan fingerprint density at radius 1 is 0.882 bits per heavy atom. The van der Waals surface area contributed by atoms with Crippen LogP contribution in [-0.4, -0.2) is 39.6 Å². The van der Waals surface area contributed by atoms with Crippen molar-refractivity contribution in [3.63, 3.8) is 0 Å². The van der Waals surface area contributed by atoms with Gasteiger partial charge >= 0.3 is 31.0 Å². The molecule has 1 aliphatic heterocycles. The van der Waals surface area contributed by atoms with E-state index in [2.05, 4.69) is 4.74 Å². The van der Waals surface area contributed by atoms with Crippen molar-refractivity contribution in [1.29, 1.82) is 0 Å². The molecule has 1 saturated heterocycles. The summed E-state index contributed by atoms with van der Waals surface area (Å²) < 4.78 is 119. The van der Waals surface area contributed by atoms with Gasteiger partial charge in [-0.05, 0) is 0 Å². The van der Waals surface area contributed by atoms with Crippen molar-refractivity contribution in [2.24, 2.45) is 0 Å². The van der Waals surface area contributed by atoms with Gasteiger partial charge in [-0.15, -0.1) is 0 Å². The maximum absolute atomic E-state index is 12.8. The molecule has 0 bridgehead atoms. The highest BCUT2D eigenvalue weighted by Gasteiger charge is 2.87. The van der Waals surface area contributed by atoms with E-state index in [-0.39, 0.29) is 0 Å². The lowest BCUT2D eigenvalue weighted by molar-refractivity contribution is -0.105. The van der Waals surface area contributed by atoms with E-state index in [4.69, 9.17) is 0 Å². The minimum atomic E-state index is -6.91. The molecule has 17 heavy (non-hydrogen) atoms. The Bertz CT molecular complexity index is 485. The van der Waals surface area contributed by atoms with Gasteiger partial charge in [0.1, 0.15) is 0 Å². The van der Waals surface area contributed by atoms with Gasteiger partial charge in [-0.25, -0.2) is 0 Å². The van der Waals surface area contributed by atoms with Crippen LogP contribution in [0, 0.1) is 0 Å². The van der Waals surface area contributed by atoms with Gasteiger partial charge in [-0.2, -0.15) is 34.4 Å². The molecule has 0 aliphatic carbocycles. The quantitative estimate of drug-likeness (QED) is 0.430. The summed E-state index contributed by atoms with van der Waals surface area (Å²) >= 11 is 0. The highest BCUT2D eigenvalue weighted by atomic mass is 32.3. The number of alkyl halides is 4. The van der Waals surface area contributed by atoms with Crippen molar-refractivity contribution >= 4 is 20.4 Å². The van der Waals surface area contributed by atoms with E-state index in [1.807, 2.05) is 0 Å². The first-order valence-electron chi connectivity index (χ1n) is 3.49. The van der Waals surface area contributed by atoms with Crippen molar-refractivity contribution in [1.82, 2.24) is 0 Å². The molecule has 13 heteroatoms. The minimum absolute atomic E-state index is 1.83. The smallest absolute Gasteiger partial charge is 0.355 e. The SMILES string of the molecule is O=S(=O)(F)C(F)(F)C1(C(F)(F)S(=O)(=O)F)CO1. The van der Waals surface area contributed by atoms with Crippen LogP contribution >= 0.6 is 0 Å². The van der Waals surface area contributed by atoms with Crippen LogP contribution in [0.5, 0.6) is 0 Å². The molecule has 1 heterocycles. The highest BCUT2D eigenvalue weighted by Crippen LogP contribution is 2.57. The summed E-state index contributed by atoms with van der Waals surface area (Å²) in [6.07, 6.45) is 0. The zero-order valence-corrected chi connectivity index (χ0v) is 8.97. The highest BCUT2D eigenvalue weighted by molar-refractivity contribution is 7.88. The maximum atomic E-state index is 12.8. The zero-order chi connectivity index (χ0) is 13.9. The summed E-state index contributed by atoms with van der Waals surface area (Å²) in [6.45, 7) is -1.83. The molecular formula is C4H2F6O5S2. The summed E-state index contributed by atoms with van der Waals surface area (Å²) in [6, 6.07) is 0. The van der Waals surface area contributed by atoms with Crippen molar-refractivity contribution in [2.75, 3.05) is 6.61 Å². The number of halogens is 6. The molecule has 0 unspecified atom stereocenters. The minimum Gasteiger partial charge on any atom is -0.355 e. The van der Waals surface area contributed by atoms with Crippen LogP contribution in [0.2, 0.25) is 0 Å².